The van der Waals surface area contributed by atoms with Crippen molar-refractivity contribution in [2.75, 3.05) is 5.73 Å². The first-order chi connectivity index (χ1) is 13.8. The molecule has 14 heteroatoms. The molecular formula is C16H10ClF8N5. The number of benzene rings is 1. The lowest BCUT2D eigenvalue weighted by atomic mass is 10.0. The monoisotopic (exact) mass is 459 g/mol. The molecule has 5 nitrogen and oxygen atoms in total. The fourth-order valence-corrected chi connectivity index (χ4v) is 2.93. The first-order valence-corrected chi connectivity index (χ1v) is 8.31. The Labute approximate surface area is 167 Å². The van der Waals surface area contributed by atoms with Gasteiger partial charge in [-0.1, -0.05) is 11.6 Å². The van der Waals surface area contributed by atoms with Gasteiger partial charge in [-0.15, -0.1) is 0 Å². The summed E-state index contributed by atoms with van der Waals surface area (Å²) in [6, 6.07) is 2.95. The molecule has 0 bridgehead atoms. The summed E-state index contributed by atoms with van der Waals surface area (Å²) < 4.78 is 106. The summed E-state index contributed by atoms with van der Waals surface area (Å²) in [6.45, 7) is -0.830. The Morgan fingerprint density at radius 2 is 1.67 bits per heavy atom. The standard InChI is InChI=1S/C16H10ClF8N5/c17-9-4-7(3-8(5-9)15(20,21)22)12-13(16(23,24)25)28-30(14(12)26)11-1-2-29(27-11)6-10(18)19/h1-5,10H,6,26H2. The van der Waals surface area contributed by atoms with Crippen LogP contribution in [0.1, 0.15) is 11.3 Å². The maximum Gasteiger partial charge on any atom is 0.435 e. The van der Waals surface area contributed by atoms with Gasteiger partial charge in [-0.2, -0.15) is 41.2 Å². The zero-order valence-corrected chi connectivity index (χ0v) is 15.2. The number of nitrogens with zero attached hydrogens (tertiary/aromatic N) is 4. The van der Waals surface area contributed by atoms with E-state index in [0.717, 1.165) is 23.0 Å². The molecule has 162 valence electrons. The molecule has 0 fully saturated rings. The van der Waals surface area contributed by atoms with E-state index in [1.54, 1.807) is 0 Å². The van der Waals surface area contributed by atoms with E-state index in [0.29, 0.717) is 16.8 Å². The van der Waals surface area contributed by atoms with Gasteiger partial charge in [-0.05, 0) is 23.8 Å². The lowest BCUT2D eigenvalue weighted by Crippen LogP contribution is -2.10. The number of anilines is 1. The van der Waals surface area contributed by atoms with Gasteiger partial charge in [0.15, 0.2) is 11.5 Å². The van der Waals surface area contributed by atoms with E-state index >= 15 is 0 Å². The highest BCUT2D eigenvalue weighted by Crippen LogP contribution is 2.43. The molecule has 0 atom stereocenters. The third-order valence-corrected chi connectivity index (χ3v) is 4.09. The van der Waals surface area contributed by atoms with Crippen LogP contribution in [0.15, 0.2) is 30.5 Å². The van der Waals surface area contributed by atoms with E-state index in [2.05, 4.69) is 10.2 Å². The molecule has 3 aromatic rings. The zero-order valence-electron chi connectivity index (χ0n) is 14.4. The third-order valence-electron chi connectivity index (χ3n) is 3.87. The molecule has 0 aliphatic heterocycles. The highest BCUT2D eigenvalue weighted by Gasteiger charge is 2.40. The summed E-state index contributed by atoms with van der Waals surface area (Å²) in [5, 5.41) is 6.52. The highest BCUT2D eigenvalue weighted by molar-refractivity contribution is 6.31. The molecule has 2 N–H and O–H groups in total. The summed E-state index contributed by atoms with van der Waals surface area (Å²) in [6.07, 6.45) is -11.7. The fraction of sp³-hybridized carbons (Fsp3) is 0.250. The topological polar surface area (TPSA) is 61.7 Å². The molecule has 2 aromatic heterocycles. The molecule has 0 aliphatic carbocycles. The van der Waals surface area contributed by atoms with Crippen molar-refractivity contribution in [2.24, 2.45) is 0 Å². The van der Waals surface area contributed by atoms with Crippen molar-refractivity contribution in [2.45, 2.75) is 25.3 Å². The Bertz CT molecular complexity index is 1070. The van der Waals surface area contributed by atoms with E-state index in [4.69, 9.17) is 17.3 Å². The average Bonchev–Trinajstić information content (AvgIpc) is 3.16. The number of aromatic nitrogens is 4. The number of halogens is 9. The highest BCUT2D eigenvalue weighted by atomic mass is 35.5. The van der Waals surface area contributed by atoms with Crippen LogP contribution in [0.4, 0.5) is 40.9 Å². The van der Waals surface area contributed by atoms with Gasteiger partial charge in [-0.3, -0.25) is 4.68 Å². The number of hydrogen-bond acceptors (Lipinski definition) is 3. The van der Waals surface area contributed by atoms with Crippen LogP contribution in [0.2, 0.25) is 5.02 Å². The Hall–Kier alpha value is -2.83. The molecule has 2 heterocycles. The van der Waals surface area contributed by atoms with Crippen LogP contribution < -0.4 is 5.73 Å². The molecule has 0 aliphatic rings. The molecule has 0 radical (unpaired) electrons. The van der Waals surface area contributed by atoms with Gasteiger partial charge in [0, 0.05) is 17.3 Å². The molecule has 30 heavy (non-hydrogen) atoms. The van der Waals surface area contributed by atoms with Crippen LogP contribution in [-0.4, -0.2) is 26.0 Å². The van der Waals surface area contributed by atoms with Crippen LogP contribution >= 0.6 is 11.6 Å². The smallest absolute Gasteiger partial charge is 0.383 e. The van der Waals surface area contributed by atoms with Crippen LogP contribution in [0.5, 0.6) is 0 Å². The second kappa shape index (κ2) is 7.45. The van der Waals surface area contributed by atoms with Gasteiger partial charge in [0.05, 0.1) is 11.1 Å². The average molecular weight is 460 g/mol. The van der Waals surface area contributed by atoms with Gasteiger partial charge in [0.25, 0.3) is 6.43 Å². The van der Waals surface area contributed by atoms with Crippen molar-refractivity contribution < 1.29 is 35.1 Å². The summed E-state index contributed by atoms with van der Waals surface area (Å²) in [5.41, 5.74) is 1.47. The first-order valence-electron chi connectivity index (χ1n) is 7.93. The lowest BCUT2D eigenvalue weighted by Gasteiger charge is -2.11. The van der Waals surface area contributed by atoms with Crippen molar-refractivity contribution in [3.63, 3.8) is 0 Å². The maximum absolute atomic E-state index is 13.5. The molecule has 3 rings (SSSR count). The van der Waals surface area contributed by atoms with Crippen molar-refractivity contribution >= 4 is 17.4 Å². The van der Waals surface area contributed by atoms with Gasteiger partial charge in [-0.25, -0.2) is 8.78 Å². The Morgan fingerprint density at radius 1 is 1.00 bits per heavy atom. The molecule has 0 saturated carbocycles. The van der Waals surface area contributed by atoms with E-state index in [1.807, 2.05) is 0 Å². The van der Waals surface area contributed by atoms with Gasteiger partial charge in [0.1, 0.15) is 12.4 Å². The molecule has 0 saturated heterocycles. The van der Waals surface area contributed by atoms with E-state index in [1.165, 1.54) is 0 Å². The normalized spacial score (nSPS) is 12.7. The largest absolute Gasteiger partial charge is 0.435 e. The molecule has 1 aromatic carbocycles. The van der Waals surface area contributed by atoms with E-state index in [-0.39, 0.29) is 5.82 Å². The van der Waals surface area contributed by atoms with Gasteiger partial charge < -0.3 is 5.73 Å². The number of nitrogens with two attached hydrogens (primary N) is 1. The first kappa shape index (κ1) is 21.9. The maximum atomic E-state index is 13.5. The molecular weight excluding hydrogens is 450 g/mol. The van der Waals surface area contributed by atoms with Crippen molar-refractivity contribution in [1.29, 1.82) is 0 Å². The minimum Gasteiger partial charge on any atom is -0.383 e. The Morgan fingerprint density at radius 3 is 2.23 bits per heavy atom. The predicted molar refractivity (Wildman–Crippen MR) is 90.2 cm³/mol. The van der Waals surface area contributed by atoms with Gasteiger partial charge >= 0.3 is 12.4 Å². The summed E-state index contributed by atoms with van der Waals surface area (Å²) in [7, 11) is 0. The molecule has 0 amide bonds. The third kappa shape index (κ3) is 4.35. The second-order valence-corrected chi connectivity index (χ2v) is 6.47. The summed E-state index contributed by atoms with van der Waals surface area (Å²) in [5.74, 6) is -1.03. The van der Waals surface area contributed by atoms with Crippen molar-refractivity contribution in [1.82, 2.24) is 19.6 Å². The second-order valence-electron chi connectivity index (χ2n) is 6.03. The summed E-state index contributed by atoms with van der Waals surface area (Å²) >= 11 is 5.66. The number of rotatable bonds is 4. The minimum absolute atomic E-state index is 0.331. The molecule has 0 unspecified atom stereocenters. The van der Waals surface area contributed by atoms with Crippen molar-refractivity contribution in [3.8, 4) is 16.9 Å². The zero-order chi connectivity index (χ0) is 22.4. The molecule has 0 spiro atoms. The van der Waals surface area contributed by atoms with Crippen molar-refractivity contribution in [3.05, 3.63) is 46.7 Å². The SMILES string of the molecule is Nc1c(-c2cc(Cl)cc(C(F)(F)F)c2)c(C(F)(F)F)nn1-c1ccn(CC(F)F)n1. The van der Waals surface area contributed by atoms with Crippen LogP contribution in [0.3, 0.4) is 0 Å². The lowest BCUT2D eigenvalue weighted by molar-refractivity contribution is -0.140. The fourth-order valence-electron chi connectivity index (χ4n) is 2.69. The van der Waals surface area contributed by atoms with Crippen LogP contribution in [0.25, 0.3) is 16.9 Å². The van der Waals surface area contributed by atoms with E-state index in [9.17, 15) is 35.1 Å². The number of hydrogen-bond donors (Lipinski definition) is 1. The van der Waals surface area contributed by atoms with Crippen LogP contribution in [0, 0.1) is 0 Å². The van der Waals surface area contributed by atoms with Gasteiger partial charge in [0.2, 0.25) is 0 Å². The van der Waals surface area contributed by atoms with Crippen LogP contribution in [-0.2, 0) is 18.9 Å². The number of alkyl halides is 8. The minimum atomic E-state index is -5.10. The Kier molecular flexibility index (Phi) is 5.43. The summed E-state index contributed by atoms with van der Waals surface area (Å²) in [4.78, 5) is 0. The van der Waals surface area contributed by atoms with E-state index < -0.39 is 58.5 Å². The Balaban J connectivity index is 2.21. The number of nitrogen functional groups attached to an aromatic ring is 1. The predicted octanol–water partition coefficient (Wildman–Crippen LogP) is 5.27. The quantitative estimate of drug-likeness (QED) is 0.540.